The fourth-order valence-electron chi connectivity index (χ4n) is 3.86. The quantitative estimate of drug-likeness (QED) is 0.390. The van der Waals surface area contributed by atoms with Gasteiger partial charge >= 0.3 is 0 Å². The van der Waals surface area contributed by atoms with Crippen molar-refractivity contribution in [3.63, 3.8) is 0 Å². The smallest absolute Gasteiger partial charge is 0.276 e. The summed E-state index contributed by atoms with van der Waals surface area (Å²) in [6, 6.07) is 22.6. The Kier molecular flexibility index (Phi) is 5.85. The number of carbonyl (C=O) groups excluding carboxylic acids is 2. The van der Waals surface area contributed by atoms with E-state index < -0.39 is 5.97 Å². The van der Waals surface area contributed by atoms with Gasteiger partial charge in [-0.2, -0.15) is 10.2 Å². The van der Waals surface area contributed by atoms with Gasteiger partial charge in [0.1, 0.15) is 17.2 Å². The number of aryl methyl sites for hydroxylation is 1. The topological polar surface area (TPSA) is 104 Å². The van der Waals surface area contributed by atoms with E-state index in [2.05, 4.69) is 5.10 Å². The summed E-state index contributed by atoms with van der Waals surface area (Å²) in [5.74, 6) is -0.322. The predicted molar refractivity (Wildman–Crippen MR) is 128 cm³/mol. The molecule has 0 radical (unpaired) electrons. The second kappa shape index (κ2) is 9.26. The van der Waals surface area contributed by atoms with Crippen LogP contribution in [0.4, 0.5) is 0 Å². The number of aliphatic carboxylic acids is 1. The first kappa shape index (κ1) is 22.1. The molecule has 0 unspecified atom stereocenters. The maximum absolute atomic E-state index is 13.3. The van der Waals surface area contributed by atoms with Crippen molar-refractivity contribution < 1.29 is 19.1 Å². The highest BCUT2D eigenvalue weighted by molar-refractivity contribution is 6.33. The van der Waals surface area contributed by atoms with E-state index in [1.165, 1.54) is 5.01 Å². The molecule has 8 heteroatoms. The van der Waals surface area contributed by atoms with Crippen molar-refractivity contribution in [2.75, 3.05) is 6.54 Å². The number of carbonyl (C=O) groups is 2. The first-order valence-electron chi connectivity index (χ1n) is 11.1. The summed E-state index contributed by atoms with van der Waals surface area (Å²) in [6.07, 6.45) is 3.25. The molecular formula is C27H21N4O4-. The van der Waals surface area contributed by atoms with E-state index >= 15 is 0 Å². The number of para-hydroxylation sites is 1. The van der Waals surface area contributed by atoms with Gasteiger partial charge < -0.3 is 14.3 Å². The molecule has 8 nitrogen and oxygen atoms in total. The summed E-state index contributed by atoms with van der Waals surface area (Å²) in [5.41, 5.74) is 3.63. The molecule has 0 saturated carbocycles. The summed E-state index contributed by atoms with van der Waals surface area (Å²) >= 11 is 0. The van der Waals surface area contributed by atoms with E-state index in [0.29, 0.717) is 28.3 Å². The van der Waals surface area contributed by atoms with Crippen molar-refractivity contribution in [2.45, 2.75) is 13.3 Å². The number of hydrogen-bond donors (Lipinski definition) is 0. The van der Waals surface area contributed by atoms with Crippen LogP contribution >= 0.6 is 0 Å². The number of benzene rings is 2. The SMILES string of the molecule is Cc1ccc(-c2nn(-c3ccccc3)cc2/C=C2\C(=O)N(CCC(=O)[O-])N=C2c2ccccc2)o1. The maximum Gasteiger partial charge on any atom is 0.276 e. The molecule has 0 saturated heterocycles. The van der Waals surface area contributed by atoms with Gasteiger partial charge in [0.05, 0.1) is 17.8 Å². The van der Waals surface area contributed by atoms with E-state index in [1.807, 2.05) is 85.9 Å². The molecule has 2 aromatic heterocycles. The van der Waals surface area contributed by atoms with Gasteiger partial charge in [-0.1, -0.05) is 48.5 Å². The average Bonchev–Trinajstić information content (AvgIpc) is 3.57. The Morgan fingerprint density at radius 2 is 1.74 bits per heavy atom. The highest BCUT2D eigenvalue weighted by atomic mass is 16.4. The number of nitrogens with zero attached hydrogens (tertiary/aromatic N) is 4. The van der Waals surface area contributed by atoms with Crippen molar-refractivity contribution >= 4 is 23.7 Å². The van der Waals surface area contributed by atoms with Crippen LogP contribution in [0.2, 0.25) is 0 Å². The third-order valence-electron chi connectivity index (χ3n) is 5.55. The molecule has 35 heavy (non-hydrogen) atoms. The third-order valence-corrected chi connectivity index (χ3v) is 5.55. The molecule has 5 rings (SSSR count). The van der Waals surface area contributed by atoms with Gasteiger partial charge in [0.25, 0.3) is 5.91 Å². The Morgan fingerprint density at radius 1 is 1.03 bits per heavy atom. The molecular weight excluding hydrogens is 444 g/mol. The predicted octanol–water partition coefficient (Wildman–Crippen LogP) is 3.21. The second-order valence-electron chi connectivity index (χ2n) is 8.05. The Morgan fingerprint density at radius 3 is 2.40 bits per heavy atom. The van der Waals surface area contributed by atoms with Crippen molar-refractivity contribution in [3.05, 3.63) is 101 Å². The number of hydrazone groups is 1. The van der Waals surface area contributed by atoms with Crippen LogP contribution in [-0.2, 0) is 9.59 Å². The summed E-state index contributed by atoms with van der Waals surface area (Å²) in [5, 5.41) is 21.3. The van der Waals surface area contributed by atoms with Gasteiger partial charge in [-0.15, -0.1) is 0 Å². The molecule has 4 aromatic rings. The minimum atomic E-state index is -1.24. The number of carboxylic acids is 1. The van der Waals surface area contributed by atoms with E-state index in [1.54, 1.807) is 10.8 Å². The van der Waals surface area contributed by atoms with Crippen LogP contribution in [0.5, 0.6) is 0 Å². The summed E-state index contributed by atoms with van der Waals surface area (Å²) in [7, 11) is 0. The van der Waals surface area contributed by atoms with Crippen LogP contribution in [0.25, 0.3) is 23.2 Å². The van der Waals surface area contributed by atoms with Crippen molar-refractivity contribution in [3.8, 4) is 17.1 Å². The van der Waals surface area contributed by atoms with E-state index in [9.17, 15) is 14.7 Å². The molecule has 1 amide bonds. The molecule has 0 spiro atoms. The minimum absolute atomic E-state index is 0.0810. The van der Waals surface area contributed by atoms with Crippen LogP contribution in [0, 0.1) is 6.92 Å². The van der Waals surface area contributed by atoms with Crippen LogP contribution in [0.15, 0.2) is 94.1 Å². The Balaban J connectivity index is 1.63. The van der Waals surface area contributed by atoms with Gasteiger partial charge in [-0.25, -0.2) is 9.69 Å². The molecule has 3 heterocycles. The Labute approximate surface area is 201 Å². The van der Waals surface area contributed by atoms with Gasteiger partial charge in [0.15, 0.2) is 5.76 Å². The summed E-state index contributed by atoms with van der Waals surface area (Å²) in [4.78, 5) is 24.3. The fraction of sp³-hybridized carbons (Fsp3) is 0.111. The lowest BCUT2D eigenvalue weighted by Crippen LogP contribution is -2.30. The Bertz CT molecular complexity index is 1450. The van der Waals surface area contributed by atoms with Crippen molar-refractivity contribution in [1.82, 2.24) is 14.8 Å². The van der Waals surface area contributed by atoms with Gasteiger partial charge in [0.2, 0.25) is 0 Å². The lowest BCUT2D eigenvalue weighted by molar-refractivity contribution is -0.305. The summed E-state index contributed by atoms with van der Waals surface area (Å²) in [6.45, 7) is 1.77. The first-order chi connectivity index (χ1) is 17.0. The molecule has 0 atom stereocenters. The molecule has 174 valence electrons. The molecule has 1 aliphatic rings. The zero-order chi connectivity index (χ0) is 24.4. The molecule has 0 fully saturated rings. The Hall–Kier alpha value is -4.72. The largest absolute Gasteiger partial charge is 0.550 e. The van der Waals surface area contributed by atoms with Gasteiger partial charge in [0, 0.05) is 29.7 Å². The fourth-order valence-corrected chi connectivity index (χ4v) is 3.86. The molecule has 1 aliphatic heterocycles. The van der Waals surface area contributed by atoms with Crippen molar-refractivity contribution in [2.24, 2.45) is 5.10 Å². The standard InChI is InChI=1S/C27H22N4O4/c1-18-12-13-23(35-18)26-20(17-31(29-26)21-10-6-3-7-11-21)16-22-25(19-8-4-2-5-9-19)28-30(27(22)34)15-14-24(32)33/h2-13,16-17H,14-15H2,1H3,(H,32,33)/p-1/b22-16-. The third kappa shape index (κ3) is 4.54. The van der Waals surface area contributed by atoms with Gasteiger partial charge in [-0.3, -0.25) is 4.79 Å². The van der Waals surface area contributed by atoms with Crippen molar-refractivity contribution in [1.29, 1.82) is 0 Å². The normalized spacial score (nSPS) is 14.5. The van der Waals surface area contributed by atoms with E-state index in [-0.39, 0.29) is 18.9 Å². The van der Waals surface area contributed by atoms with E-state index in [4.69, 9.17) is 9.52 Å². The van der Waals surface area contributed by atoms with Crippen LogP contribution in [0.1, 0.15) is 23.3 Å². The molecule has 2 aromatic carbocycles. The lowest BCUT2D eigenvalue weighted by atomic mass is 10.00. The minimum Gasteiger partial charge on any atom is -0.550 e. The zero-order valence-electron chi connectivity index (χ0n) is 18.9. The highest BCUT2D eigenvalue weighted by Crippen LogP contribution is 2.30. The number of rotatable bonds is 7. The number of hydrogen-bond acceptors (Lipinski definition) is 6. The number of furan rings is 1. The number of amides is 1. The maximum atomic E-state index is 13.3. The second-order valence-corrected chi connectivity index (χ2v) is 8.05. The lowest BCUT2D eigenvalue weighted by Gasteiger charge is -2.11. The van der Waals surface area contributed by atoms with E-state index in [0.717, 1.165) is 17.0 Å². The number of aromatic nitrogens is 2. The van der Waals surface area contributed by atoms with Crippen LogP contribution in [-0.4, -0.2) is 38.9 Å². The summed E-state index contributed by atoms with van der Waals surface area (Å²) < 4.78 is 7.57. The monoisotopic (exact) mass is 465 g/mol. The average molecular weight is 465 g/mol. The molecule has 0 bridgehead atoms. The van der Waals surface area contributed by atoms with Crippen LogP contribution in [0.3, 0.4) is 0 Å². The highest BCUT2D eigenvalue weighted by Gasteiger charge is 2.31. The van der Waals surface area contributed by atoms with Gasteiger partial charge in [-0.05, 0) is 37.3 Å². The number of carboxylic acid groups (broad SMARTS) is 1. The first-order valence-corrected chi connectivity index (χ1v) is 11.1. The van der Waals surface area contributed by atoms with Crippen LogP contribution < -0.4 is 5.11 Å². The molecule has 0 aliphatic carbocycles. The zero-order valence-corrected chi connectivity index (χ0v) is 18.9. The molecule has 0 N–H and O–H groups in total.